The molecule has 0 bridgehead atoms. The number of benzene rings is 1. The van der Waals surface area contributed by atoms with Crippen molar-refractivity contribution in [1.82, 2.24) is 19.8 Å². The van der Waals surface area contributed by atoms with Crippen LogP contribution in [0.25, 0.3) is 5.69 Å². The highest BCUT2D eigenvalue weighted by Gasteiger charge is 2.35. The van der Waals surface area contributed by atoms with Gasteiger partial charge in [-0.2, -0.15) is 10.2 Å². The molecule has 4 rings (SSSR count). The largest absolute Gasteiger partial charge is 0.444 e. The number of piperazine rings is 1. The van der Waals surface area contributed by atoms with Crippen LogP contribution in [0.1, 0.15) is 63.8 Å². The lowest BCUT2D eigenvalue weighted by Crippen LogP contribution is -2.57. The number of amides is 1. The highest BCUT2D eigenvalue weighted by molar-refractivity contribution is 5.69. The minimum atomic E-state index is -0.615. The lowest BCUT2D eigenvalue weighted by molar-refractivity contribution is 0.0144. The number of rotatable bonds is 4. The minimum Gasteiger partial charge on any atom is -0.444 e. The first-order valence-electron chi connectivity index (χ1n) is 12.7. The maximum absolute atomic E-state index is 13.5. The van der Waals surface area contributed by atoms with E-state index < -0.39 is 11.7 Å². The van der Waals surface area contributed by atoms with E-state index in [9.17, 15) is 14.9 Å². The molecule has 9 nitrogen and oxygen atoms in total. The molecule has 1 aromatic carbocycles. The number of carbonyl (C=O) groups excluding carboxylic acids is 1. The predicted molar refractivity (Wildman–Crippen MR) is 139 cm³/mol. The molecule has 3 heterocycles. The van der Waals surface area contributed by atoms with Gasteiger partial charge in [0.2, 0.25) is 0 Å². The van der Waals surface area contributed by atoms with Gasteiger partial charge in [0.1, 0.15) is 11.4 Å². The van der Waals surface area contributed by atoms with Gasteiger partial charge in [-0.05, 0) is 51.3 Å². The molecule has 0 aliphatic carbocycles. The average molecular weight is 493 g/mol. The third-order valence-electron chi connectivity index (χ3n) is 6.66. The molecule has 0 radical (unpaired) electrons. The van der Waals surface area contributed by atoms with Crippen LogP contribution in [0.2, 0.25) is 0 Å². The van der Waals surface area contributed by atoms with Gasteiger partial charge in [0.05, 0.1) is 24.2 Å². The van der Waals surface area contributed by atoms with Gasteiger partial charge < -0.3 is 19.9 Å². The van der Waals surface area contributed by atoms with Crippen molar-refractivity contribution in [2.24, 2.45) is 0 Å². The Morgan fingerprint density at radius 3 is 2.72 bits per heavy atom. The molecule has 36 heavy (non-hydrogen) atoms. The van der Waals surface area contributed by atoms with E-state index in [4.69, 9.17) is 4.74 Å². The SMILES string of the molecule is CC(C)c1ccccc1-n1c2c(c(N3CCN(C(=O)OC(C)(C)C)C(CC#N)C3)nc1=O)CCNC2. The first kappa shape index (κ1) is 25.7. The van der Waals surface area contributed by atoms with Crippen LogP contribution in [-0.2, 0) is 17.7 Å². The smallest absolute Gasteiger partial charge is 0.410 e. The summed E-state index contributed by atoms with van der Waals surface area (Å²) in [6, 6.07) is 9.85. The Kier molecular flexibility index (Phi) is 7.36. The Labute approximate surface area is 212 Å². The number of aromatic nitrogens is 2. The van der Waals surface area contributed by atoms with Crippen LogP contribution in [0.3, 0.4) is 0 Å². The first-order chi connectivity index (χ1) is 17.1. The van der Waals surface area contributed by atoms with Crippen molar-refractivity contribution < 1.29 is 9.53 Å². The van der Waals surface area contributed by atoms with Gasteiger partial charge in [-0.1, -0.05) is 32.0 Å². The summed E-state index contributed by atoms with van der Waals surface area (Å²) >= 11 is 0. The summed E-state index contributed by atoms with van der Waals surface area (Å²) in [5, 5.41) is 12.9. The van der Waals surface area contributed by atoms with Crippen LogP contribution in [0, 0.1) is 11.3 Å². The van der Waals surface area contributed by atoms with Crippen molar-refractivity contribution >= 4 is 11.9 Å². The summed E-state index contributed by atoms with van der Waals surface area (Å²) in [5.74, 6) is 0.925. The van der Waals surface area contributed by atoms with Gasteiger partial charge in [0.25, 0.3) is 0 Å². The topological polar surface area (TPSA) is 103 Å². The summed E-state index contributed by atoms with van der Waals surface area (Å²) in [7, 11) is 0. The zero-order valence-corrected chi connectivity index (χ0v) is 21.9. The number of ether oxygens (including phenoxy) is 1. The molecule has 192 valence electrons. The van der Waals surface area contributed by atoms with Crippen molar-refractivity contribution in [3.05, 3.63) is 51.6 Å². The van der Waals surface area contributed by atoms with Crippen LogP contribution >= 0.6 is 0 Å². The zero-order valence-electron chi connectivity index (χ0n) is 21.9. The number of nitrogens with one attached hydrogen (secondary N) is 1. The number of hydrogen-bond acceptors (Lipinski definition) is 7. The second-order valence-corrected chi connectivity index (χ2v) is 10.8. The lowest BCUT2D eigenvalue weighted by atomic mass is 9.99. The summed E-state index contributed by atoms with van der Waals surface area (Å²) in [6.07, 6.45) is 0.511. The molecule has 2 aliphatic heterocycles. The molecule has 0 saturated carbocycles. The summed E-state index contributed by atoms with van der Waals surface area (Å²) < 4.78 is 7.34. The molecule has 1 amide bonds. The average Bonchev–Trinajstić information content (AvgIpc) is 2.82. The molecule has 1 aromatic heterocycles. The van der Waals surface area contributed by atoms with Crippen LogP contribution in [0.4, 0.5) is 10.6 Å². The Morgan fingerprint density at radius 1 is 1.28 bits per heavy atom. The number of carbonyl (C=O) groups is 1. The second kappa shape index (κ2) is 10.3. The number of nitrogens with zero attached hydrogens (tertiary/aromatic N) is 5. The van der Waals surface area contributed by atoms with Gasteiger partial charge in [-0.25, -0.2) is 9.59 Å². The van der Waals surface area contributed by atoms with E-state index >= 15 is 0 Å². The fourth-order valence-corrected chi connectivity index (χ4v) is 5.03. The molecule has 0 spiro atoms. The van der Waals surface area contributed by atoms with Crippen LogP contribution in [0.5, 0.6) is 0 Å². The number of anilines is 1. The van der Waals surface area contributed by atoms with E-state index in [1.165, 1.54) is 0 Å². The maximum atomic E-state index is 13.5. The molecule has 1 unspecified atom stereocenters. The van der Waals surface area contributed by atoms with Crippen LogP contribution < -0.4 is 15.9 Å². The normalized spacial score (nSPS) is 18.1. The summed E-state index contributed by atoms with van der Waals surface area (Å²) in [4.78, 5) is 34.6. The van der Waals surface area contributed by atoms with Gasteiger partial charge >= 0.3 is 11.8 Å². The molecule has 1 fully saturated rings. The van der Waals surface area contributed by atoms with Crippen LogP contribution in [0.15, 0.2) is 29.1 Å². The Balaban J connectivity index is 1.72. The molecular formula is C27H36N6O3. The van der Waals surface area contributed by atoms with Gasteiger partial charge in [0.15, 0.2) is 0 Å². The lowest BCUT2D eigenvalue weighted by Gasteiger charge is -2.42. The minimum absolute atomic E-state index is 0.179. The van der Waals surface area contributed by atoms with Crippen molar-refractivity contribution in [2.45, 2.75) is 71.6 Å². The van der Waals surface area contributed by atoms with E-state index in [0.29, 0.717) is 32.0 Å². The summed E-state index contributed by atoms with van der Waals surface area (Å²) in [5.41, 5.74) is 3.02. The van der Waals surface area contributed by atoms with Crippen molar-refractivity contribution in [3.8, 4) is 11.8 Å². The fraction of sp³-hybridized carbons (Fsp3) is 0.556. The quantitative estimate of drug-likeness (QED) is 0.698. The van der Waals surface area contributed by atoms with E-state index in [1.807, 2.05) is 39.0 Å². The Hall–Kier alpha value is -3.38. The monoisotopic (exact) mass is 492 g/mol. The van der Waals surface area contributed by atoms with Crippen LogP contribution in [-0.4, -0.2) is 58.4 Å². The molecule has 2 aromatic rings. The predicted octanol–water partition coefficient (Wildman–Crippen LogP) is 3.34. The van der Waals surface area contributed by atoms with E-state index in [2.05, 4.69) is 41.2 Å². The number of nitriles is 1. The highest BCUT2D eigenvalue weighted by atomic mass is 16.6. The third-order valence-corrected chi connectivity index (χ3v) is 6.66. The highest BCUT2D eigenvalue weighted by Crippen LogP contribution is 2.30. The molecule has 1 N–H and O–H groups in total. The Morgan fingerprint density at radius 2 is 2.03 bits per heavy atom. The van der Waals surface area contributed by atoms with E-state index in [0.717, 1.165) is 35.5 Å². The standard InChI is InChI=1S/C27H36N6O3/c1-18(2)20-8-6-7-9-22(20)33-23-16-29-13-11-21(23)24(30-25(33)34)31-14-15-32(19(17-31)10-12-28)26(35)36-27(3,4)5/h6-9,18-19,29H,10-11,13-17H2,1-5H3. The van der Waals surface area contributed by atoms with E-state index in [1.54, 1.807) is 9.47 Å². The van der Waals surface area contributed by atoms with E-state index in [-0.39, 0.29) is 24.1 Å². The molecular weight excluding hydrogens is 456 g/mol. The van der Waals surface area contributed by atoms with Gasteiger partial charge in [-0.3, -0.25) is 4.57 Å². The number of hydrogen-bond donors (Lipinski definition) is 1. The van der Waals surface area contributed by atoms with Gasteiger partial charge in [0, 0.05) is 37.4 Å². The molecule has 1 saturated heterocycles. The Bertz CT molecular complexity index is 1220. The third kappa shape index (κ3) is 5.24. The van der Waals surface area contributed by atoms with Crippen molar-refractivity contribution in [1.29, 1.82) is 5.26 Å². The molecule has 2 aliphatic rings. The van der Waals surface area contributed by atoms with Crippen molar-refractivity contribution in [2.75, 3.05) is 31.1 Å². The number of para-hydroxylation sites is 1. The molecule has 9 heteroatoms. The number of fused-ring (bicyclic) bond motifs is 1. The first-order valence-corrected chi connectivity index (χ1v) is 12.7. The molecule has 1 atom stereocenters. The summed E-state index contributed by atoms with van der Waals surface area (Å²) in [6.45, 7) is 12.4. The van der Waals surface area contributed by atoms with Crippen molar-refractivity contribution in [3.63, 3.8) is 0 Å². The maximum Gasteiger partial charge on any atom is 0.410 e. The fourth-order valence-electron chi connectivity index (χ4n) is 5.03. The zero-order chi connectivity index (χ0) is 26.0. The second-order valence-electron chi connectivity index (χ2n) is 10.8. The van der Waals surface area contributed by atoms with Gasteiger partial charge in [-0.15, -0.1) is 0 Å².